The molecular formula is C23H24N2O6. The quantitative estimate of drug-likeness (QED) is 0.539. The number of ether oxygens (including phenoxy) is 2. The fraction of sp³-hybridized carbons (Fsp3) is 0.348. The number of fused-ring (bicyclic) bond motifs is 1. The second kappa shape index (κ2) is 8.58. The molecule has 2 aromatic rings. The first kappa shape index (κ1) is 21.2. The first-order valence-electron chi connectivity index (χ1n) is 10.1. The van der Waals surface area contributed by atoms with Crippen molar-refractivity contribution >= 4 is 17.8 Å². The molecule has 0 radical (unpaired) electrons. The van der Waals surface area contributed by atoms with E-state index in [0.29, 0.717) is 17.0 Å². The zero-order valence-electron chi connectivity index (χ0n) is 17.6. The first-order chi connectivity index (χ1) is 14.9. The standard InChI is InChI=1S/C23H24N2O6/c1-14-13-18(24(2)3)19(30-22(28)15-9-5-4-6-10-15)23(29-14)31-25-20(26)16-11-7-8-12-17(16)21(25)27/h4-12,14,18-19,23H,13H2,1-3H3/t14-,18+,19-,23-/m1/s1. The highest BCUT2D eigenvalue weighted by Crippen LogP contribution is 2.30. The molecule has 2 aliphatic rings. The third-order valence-electron chi connectivity index (χ3n) is 5.47. The zero-order valence-corrected chi connectivity index (χ0v) is 17.6. The van der Waals surface area contributed by atoms with E-state index in [-0.39, 0.29) is 23.3 Å². The highest BCUT2D eigenvalue weighted by molar-refractivity contribution is 6.20. The number of rotatable bonds is 5. The summed E-state index contributed by atoms with van der Waals surface area (Å²) in [6.07, 6.45) is -1.64. The molecule has 0 aliphatic carbocycles. The van der Waals surface area contributed by atoms with E-state index in [0.717, 1.165) is 0 Å². The number of likely N-dealkylation sites (N-methyl/N-ethyl adjacent to an activating group) is 1. The minimum Gasteiger partial charge on any atom is -0.452 e. The number of amides is 2. The Bertz CT molecular complexity index is 958. The minimum atomic E-state index is -1.13. The normalized spacial score (nSPS) is 25.6. The first-order valence-corrected chi connectivity index (χ1v) is 10.1. The molecule has 0 unspecified atom stereocenters. The van der Waals surface area contributed by atoms with Crippen LogP contribution in [0.15, 0.2) is 54.6 Å². The Morgan fingerprint density at radius 1 is 1.00 bits per heavy atom. The molecule has 2 aliphatic heterocycles. The van der Waals surface area contributed by atoms with Gasteiger partial charge in [0.05, 0.1) is 28.8 Å². The highest BCUT2D eigenvalue weighted by Gasteiger charge is 2.46. The summed E-state index contributed by atoms with van der Waals surface area (Å²) < 4.78 is 11.7. The fourth-order valence-electron chi connectivity index (χ4n) is 3.87. The molecule has 31 heavy (non-hydrogen) atoms. The Morgan fingerprint density at radius 2 is 1.58 bits per heavy atom. The van der Waals surface area contributed by atoms with Crippen molar-refractivity contribution in [3.05, 3.63) is 71.3 Å². The molecule has 2 aromatic carbocycles. The Morgan fingerprint density at radius 3 is 2.16 bits per heavy atom. The monoisotopic (exact) mass is 424 g/mol. The highest BCUT2D eigenvalue weighted by atomic mass is 16.8. The number of imide groups is 1. The van der Waals surface area contributed by atoms with Crippen molar-refractivity contribution in [2.75, 3.05) is 14.1 Å². The van der Waals surface area contributed by atoms with Crippen LogP contribution in [0.1, 0.15) is 44.4 Å². The predicted molar refractivity (Wildman–Crippen MR) is 110 cm³/mol. The second-order valence-corrected chi connectivity index (χ2v) is 7.87. The molecule has 0 aromatic heterocycles. The number of benzene rings is 2. The van der Waals surface area contributed by atoms with Crippen molar-refractivity contribution in [3.8, 4) is 0 Å². The molecule has 0 bridgehead atoms. The predicted octanol–water partition coefficient (Wildman–Crippen LogP) is 2.50. The van der Waals surface area contributed by atoms with Gasteiger partial charge in [0.2, 0.25) is 6.29 Å². The summed E-state index contributed by atoms with van der Waals surface area (Å²) in [6.45, 7) is 1.87. The van der Waals surface area contributed by atoms with Gasteiger partial charge in [-0.2, -0.15) is 0 Å². The summed E-state index contributed by atoms with van der Waals surface area (Å²) in [5.74, 6) is -1.68. The average Bonchev–Trinajstić information content (AvgIpc) is 3.00. The Hall–Kier alpha value is -3.07. The fourth-order valence-corrected chi connectivity index (χ4v) is 3.87. The van der Waals surface area contributed by atoms with E-state index in [2.05, 4.69) is 0 Å². The topological polar surface area (TPSA) is 85.4 Å². The van der Waals surface area contributed by atoms with E-state index >= 15 is 0 Å². The second-order valence-electron chi connectivity index (χ2n) is 7.87. The molecule has 4 atom stereocenters. The summed E-state index contributed by atoms with van der Waals surface area (Å²) in [5.41, 5.74) is 0.912. The van der Waals surface area contributed by atoms with Crippen LogP contribution < -0.4 is 0 Å². The zero-order chi connectivity index (χ0) is 22.1. The van der Waals surface area contributed by atoms with Gasteiger partial charge >= 0.3 is 5.97 Å². The van der Waals surface area contributed by atoms with E-state index in [9.17, 15) is 14.4 Å². The molecule has 162 valence electrons. The van der Waals surface area contributed by atoms with E-state index in [1.807, 2.05) is 25.9 Å². The van der Waals surface area contributed by atoms with Gasteiger partial charge in [0, 0.05) is 0 Å². The number of carbonyl (C=O) groups is 3. The van der Waals surface area contributed by atoms with Crippen molar-refractivity contribution in [1.82, 2.24) is 9.96 Å². The lowest BCUT2D eigenvalue weighted by Crippen LogP contribution is -2.57. The maximum atomic E-state index is 12.8. The molecule has 1 fully saturated rings. The Kier molecular flexibility index (Phi) is 5.86. The molecule has 2 heterocycles. The van der Waals surface area contributed by atoms with Crippen molar-refractivity contribution in [1.29, 1.82) is 0 Å². The maximum Gasteiger partial charge on any atom is 0.338 e. The van der Waals surface area contributed by atoms with Crippen LogP contribution >= 0.6 is 0 Å². The smallest absolute Gasteiger partial charge is 0.338 e. The molecule has 8 nitrogen and oxygen atoms in total. The summed E-state index contributed by atoms with van der Waals surface area (Å²) in [6, 6.07) is 14.9. The van der Waals surface area contributed by atoms with Crippen LogP contribution in [0.2, 0.25) is 0 Å². The Balaban J connectivity index is 1.60. The molecule has 0 N–H and O–H groups in total. The molecule has 0 saturated carbocycles. The third-order valence-corrected chi connectivity index (χ3v) is 5.47. The molecule has 1 saturated heterocycles. The Labute approximate surface area is 180 Å². The summed E-state index contributed by atoms with van der Waals surface area (Å²) in [4.78, 5) is 45.9. The minimum absolute atomic E-state index is 0.237. The lowest BCUT2D eigenvalue weighted by molar-refractivity contribution is -0.304. The number of hydrogen-bond acceptors (Lipinski definition) is 7. The third kappa shape index (κ3) is 4.10. The van der Waals surface area contributed by atoms with Crippen LogP contribution in [0.5, 0.6) is 0 Å². The van der Waals surface area contributed by atoms with Gasteiger partial charge in [-0.25, -0.2) is 9.63 Å². The van der Waals surface area contributed by atoms with E-state index in [1.54, 1.807) is 54.6 Å². The van der Waals surface area contributed by atoms with Crippen molar-refractivity contribution < 1.29 is 28.7 Å². The number of carbonyl (C=O) groups excluding carboxylic acids is 3. The van der Waals surface area contributed by atoms with Crippen LogP contribution in [0.4, 0.5) is 0 Å². The van der Waals surface area contributed by atoms with Gasteiger partial charge in [0.1, 0.15) is 0 Å². The van der Waals surface area contributed by atoms with Gasteiger partial charge in [-0.15, -0.1) is 5.06 Å². The van der Waals surface area contributed by atoms with Crippen LogP contribution in [0.3, 0.4) is 0 Å². The molecular weight excluding hydrogens is 400 g/mol. The van der Waals surface area contributed by atoms with Crippen LogP contribution in [-0.4, -0.2) is 66.4 Å². The molecule has 4 rings (SSSR count). The molecule has 8 heteroatoms. The number of nitrogens with zero attached hydrogens (tertiary/aromatic N) is 2. The van der Waals surface area contributed by atoms with Crippen LogP contribution in [0, 0.1) is 0 Å². The lowest BCUT2D eigenvalue weighted by Gasteiger charge is -2.42. The number of esters is 1. The van der Waals surface area contributed by atoms with Crippen LogP contribution in [0.25, 0.3) is 0 Å². The largest absolute Gasteiger partial charge is 0.452 e. The summed E-state index contributed by atoms with van der Waals surface area (Å²) in [5, 5.41) is 0.698. The maximum absolute atomic E-state index is 12.8. The van der Waals surface area contributed by atoms with Gasteiger partial charge in [-0.1, -0.05) is 30.3 Å². The van der Waals surface area contributed by atoms with Gasteiger partial charge in [0.15, 0.2) is 6.10 Å². The van der Waals surface area contributed by atoms with Crippen molar-refractivity contribution in [2.45, 2.75) is 37.9 Å². The van der Waals surface area contributed by atoms with Gasteiger partial charge in [-0.3, -0.25) is 9.59 Å². The summed E-state index contributed by atoms with van der Waals surface area (Å²) in [7, 11) is 3.73. The molecule has 0 spiro atoms. The van der Waals surface area contributed by atoms with E-state index in [4.69, 9.17) is 14.3 Å². The average molecular weight is 424 g/mol. The van der Waals surface area contributed by atoms with E-state index in [1.165, 1.54) is 0 Å². The van der Waals surface area contributed by atoms with E-state index < -0.39 is 30.2 Å². The number of hydrogen-bond donors (Lipinski definition) is 0. The van der Waals surface area contributed by atoms with Gasteiger partial charge in [-0.05, 0) is 51.7 Å². The number of hydroxylamine groups is 2. The molecule has 2 amide bonds. The van der Waals surface area contributed by atoms with Gasteiger partial charge < -0.3 is 14.4 Å². The SMILES string of the molecule is C[C@@H]1C[C@H](N(C)C)[C@@H](OC(=O)c2ccccc2)[C@@H](ON2C(=O)c3ccccc3C2=O)O1. The van der Waals surface area contributed by atoms with Crippen molar-refractivity contribution in [3.63, 3.8) is 0 Å². The summed E-state index contributed by atoms with van der Waals surface area (Å²) >= 11 is 0. The lowest BCUT2D eigenvalue weighted by atomic mass is 9.99. The van der Waals surface area contributed by atoms with Crippen molar-refractivity contribution in [2.24, 2.45) is 0 Å². The van der Waals surface area contributed by atoms with Gasteiger partial charge in [0.25, 0.3) is 11.8 Å². The van der Waals surface area contributed by atoms with Crippen LogP contribution in [-0.2, 0) is 14.3 Å².